The number of amides is 1. The van der Waals surface area contributed by atoms with E-state index in [0.29, 0.717) is 0 Å². The Labute approximate surface area is 133 Å². The maximum Gasteiger partial charge on any atom is 0.283 e. The molecule has 0 aliphatic carbocycles. The summed E-state index contributed by atoms with van der Waals surface area (Å²) in [6.07, 6.45) is 1.12. The van der Waals surface area contributed by atoms with Crippen LogP contribution in [-0.4, -0.2) is 20.8 Å². The number of halogens is 3. The van der Waals surface area contributed by atoms with Crippen LogP contribution in [0.5, 0.6) is 0 Å². The Bertz CT molecular complexity index is 718. The van der Waals surface area contributed by atoms with Crippen molar-refractivity contribution in [2.24, 2.45) is 0 Å². The second kappa shape index (κ2) is 6.21. The molecule has 1 heterocycles. The number of benzene rings is 1. The van der Waals surface area contributed by atoms with Crippen molar-refractivity contribution in [1.82, 2.24) is 9.97 Å². The first-order valence-corrected chi connectivity index (χ1v) is 6.45. The molecule has 10 heteroatoms. The number of aromatic nitrogens is 2. The average molecular weight is 348 g/mol. The Hall–Kier alpha value is -1.96. The molecule has 1 aromatic carbocycles. The van der Waals surface area contributed by atoms with Crippen LogP contribution in [0.25, 0.3) is 0 Å². The van der Waals surface area contributed by atoms with Crippen molar-refractivity contribution < 1.29 is 9.72 Å². The normalized spacial score (nSPS) is 10.2. The highest BCUT2D eigenvalue weighted by Gasteiger charge is 2.22. The molecule has 2 rings (SSSR count). The average Bonchev–Trinajstić information content (AvgIpc) is 2.42. The first kappa shape index (κ1) is 15.4. The number of rotatable bonds is 3. The van der Waals surface area contributed by atoms with E-state index in [1.807, 2.05) is 0 Å². The molecule has 108 valence electrons. The predicted octanol–water partition coefficient (Wildman–Crippen LogP) is 3.60. The van der Waals surface area contributed by atoms with Crippen LogP contribution in [0.4, 0.5) is 11.4 Å². The van der Waals surface area contributed by atoms with E-state index < -0.39 is 16.5 Å². The van der Waals surface area contributed by atoms with E-state index in [1.54, 1.807) is 0 Å². The molecule has 0 aliphatic heterocycles. The molecule has 0 saturated heterocycles. The minimum Gasteiger partial charge on any atom is -0.317 e. The minimum atomic E-state index is -0.781. The van der Waals surface area contributed by atoms with Crippen molar-refractivity contribution in [3.63, 3.8) is 0 Å². The molecule has 21 heavy (non-hydrogen) atoms. The molecular weight excluding hydrogens is 343 g/mol. The molecule has 0 radical (unpaired) electrons. The van der Waals surface area contributed by atoms with Gasteiger partial charge in [-0.2, -0.15) is 0 Å². The van der Waals surface area contributed by atoms with E-state index >= 15 is 0 Å². The van der Waals surface area contributed by atoms with E-state index in [1.165, 1.54) is 12.1 Å². The van der Waals surface area contributed by atoms with Crippen LogP contribution >= 0.6 is 34.8 Å². The fraction of sp³-hybridized carbons (Fsp3) is 0. The molecule has 1 aromatic heterocycles. The van der Waals surface area contributed by atoms with Crippen LogP contribution in [0.3, 0.4) is 0 Å². The Balaban J connectivity index is 2.40. The Kier molecular flexibility index (Phi) is 4.56. The topological polar surface area (TPSA) is 98.0 Å². The third-order valence-electron chi connectivity index (χ3n) is 2.39. The second-order valence-corrected chi connectivity index (χ2v) is 4.86. The van der Waals surface area contributed by atoms with Crippen molar-refractivity contribution in [3.05, 3.63) is 55.5 Å². The van der Waals surface area contributed by atoms with Crippen LogP contribution in [-0.2, 0) is 0 Å². The summed E-state index contributed by atoms with van der Waals surface area (Å²) in [6.45, 7) is 0. The number of carbonyl (C=O) groups excluding carboxylic acids is 1. The Morgan fingerprint density at radius 3 is 2.38 bits per heavy atom. The predicted molar refractivity (Wildman–Crippen MR) is 78.1 cm³/mol. The largest absolute Gasteiger partial charge is 0.317 e. The summed E-state index contributed by atoms with van der Waals surface area (Å²) in [5, 5.41) is 13.3. The molecular formula is C11H5Cl3N4O3. The molecule has 0 spiro atoms. The zero-order chi connectivity index (χ0) is 15.6. The highest BCUT2D eigenvalue weighted by molar-refractivity contribution is 6.38. The number of hydrogen-bond acceptors (Lipinski definition) is 5. The van der Waals surface area contributed by atoms with Crippen molar-refractivity contribution >= 4 is 52.1 Å². The molecule has 0 atom stereocenters. The lowest BCUT2D eigenvalue weighted by Crippen LogP contribution is -2.15. The van der Waals surface area contributed by atoms with E-state index in [4.69, 9.17) is 34.8 Å². The molecule has 2 aromatic rings. The second-order valence-electron chi connectivity index (χ2n) is 3.70. The summed E-state index contributed by atoms with van der Waals surface area (Å²) in [5.41, 5.74) is -0.667. The number of nitrogens with one attached hydrogen (secondary N) is 1. The van der Waals surface area contributed by atoms with Crippen molar-refractivity contribution in [2.75, 3.05) is 5.32 Å². The van der Waals surface area contributed by atoms with E-state index in [9.17, 15) is 14.9 Å². The standard InChI is InChI=1S/C11H5Cl3N4O3/c12-5-1-2-6(7(3-5)18(20)21)11(19)17-8-9(13)15-4-16-10(8)14/h1-4H,(H,17,19). The highest BCUT2D eigenvalue weighted by Crippen LogP contribution is 2.28. The lowest BCUT2D eigenvalue weighted by Gasteiger charge is -2.08. The monoisotopic (exact) mass is 346 g/mol. The summed E-state index contributed by atoms with van der Waals surface area (Å²) in [6, 6.07) is 3.65. The zero-order valence-electron chi connectivity index (χ0n) is 10.0. The summed E-state index contributed by atoms with van der Waals surface area (Å²) in [5.74, 6) is -0.781. The van der Waals surface area contributed by atoms with Crippen molar-refractivity contribution in [2.45, 2.75) is 0 Å². The van der Waals surface area contributed by atoms with Crippen LogP contribution in [0.1, 0.15) is 10.4 Å². The van der Waals surface area contributed by atoms with Gasteiger partial charge < -0.3 is 5.32 Å². The van der Waals surface area contributed by atoms with Crippen molar-refractivity contribution in [3.8, 4) is 0 Å². The maximum absolute atomic E-state index is 12.1. The minimum absolute atomic E-state index is 0.0323. The molecule has 0 fully saturated rings. The van der Waals surface area contributed by atoms with E-state index in [0.717, 1.165) is 12.4 Å². The molecule has 0 unspecified atom stereocenters. The molecule has 1 N–H and O–H groups in total. The fourth-order valence-electron chi connectivity index (χ4n) is 1.48. The zero-order valence-corrected chi connectivity index (χ0v) is 12.3. The van der Waals surface area contributed by atoms with Gasteiger partial charge in [-0.3, -0.25) is 14.9 Å². The van der Waals surface area contributed by atoms with E-state index in [2.05, 4.69) is 15.3 Å². The molecule has 0 aliphatic rings. The fourth-order valence-corrected chi connectivity index (χ4v) is 2.05. The number of carbonyl (C=O) groups is 1. The van der Waals surface area contributed by atoms with Crippen LogP contribution in [0.15, 0.2) is 24.5 Å². The molecule has 7 nitrogen and oxygen atoms in total. The van der Waals surface area contributed by atoms with Crippen LogP contribution in [0, 0.1) is 10.1 Å². The lowest BCUT2D eigenvalue weighted by atomic mass is 10.1. The molecule has 0 saturated carbocycles. The van der Waals surface area contributed by atoms with E-state index in [-0.39, 0.29) is 26.6 Å². The van der Waals surface area contributed by atoms with Crippen LogP contribution < -0.4 is 5.32 Å². The van der Waals surface area contributed by atoms with Gasteiger partial charge in [0.25, 0.3) is 11.6 Å². The lowest BCUT2D eigenvalue weighted by molar-refractivity contribution is -0.385. The summed E-state index contributed by atoms with van der Waals surface area (Å²) >= 11 is 17.2. The van der Waals surface area contributed by atoms with Gasteiger partial charge in [0, 0.05) is 11.1 Å². The summed E-state index contributed by atoms with van der Waals surface area (Å²) in [4.78, 5) is 29.7. The number of nitro groups is 1. The van der Waals surface area contributed by atoms with Gasteiger partial charge in [0.15, 0.2) is 10.3 Å². The number of nitro benzene ring substituents is 1. The van der Waals surface area contributed by atoms with Gasteiger partial charge in [-0.05, 0) is 12.1 Å². The summed E-state index contributed by atoms with van der Waals surface area (Å²) in [7, 11) is 0. The molecule has 1 amide bonds. The van der Waals surface area contributed by atoms with Crippen molar-refractivity contribution in [1.29, 1.82) is 0 Å². The van der Waals surface area contributed by atoms with Gasteiger partial charge in [-0.25, -0.2) is 9.97 Å². The smallest absolute Gasteiger partial charge is 0.283 e. The molecule has 0 bridgehead atoms. The third-order valence-corrected chi connectivity index (χ3v) is 3.20. The Morgan fingerprint density at radius 1 is 1.19 bits per heavy atom. The van der Waals surface area contributed by atoms with Crippen LogP contribution in [0.2, 0.25) is 15.3 Å². The van der Waals surface area contributed by atoms with Gasteiger partial charge in [0.2, 0.25) is 0 Å². The first-order valence-electron chi connectivity index (χ1n) is 5.31. The van der Waals surface area contributed by atoms with Gasteiger partial charge in [-0.1, -0.05) is 34.8 Å². The van der Waals surface area contributed by atoms with Gasteiger partial charge in [0.1, 0.15) is 17.6 Å². The maximum atomic E-state index is 12.1. The highest BCUT2D eigenvalue weighted by atomic mass is 35.5. The van der Waals surface area contributed by atoms with Gasteiger partial charge in [-0.15, -0.1) is 0 Å². The van der Waals surface area contributed by atoms with Gasteiger partial charge >= 0.3 is 0 Å². The quantitative estimate of drug-likeness (QED) is 0.519. The SMILES string of the molecule is O=C(Nc1c(Cl)ncnc1Cl)c1ccc(Cl)cc1[N+](=O)[O-]. The summed E-state index contributed by atoms with van der Waals surface area (Å²) < 4.78 is 0. The number of hydrogen-bond donors (Lipinski definition) is 1. The van der Waals surface area contributed by atoms with Gasteiger partial charge in [0.05, 0.1) is 4.92 Å². The first-order chi connectivity index (χ1) is 9.90. The number of anilines is 1. The third kappa shape index (κ3) is 3.38. The number of nitrogens with zero attached hydrogens (tertiary/aromatic N) is 3. The Morgan fingerprint density at radius 2 is 1.81 bits per heavy atom.